The van der Waals surface area contributed by atoms with E-state index in [1.807, 2.05) is 31.2 Å². The van der Waals surface area contributed by atoms with E-state index in [9.17, 15) is 9.59 Å². The minimum atomic E-state index is -1.27. The van der Waals surface area contributed by atoms with Gasteiger partial charge in [0.1, 0.15) is 0 Å². The number of ether oxygens (including phenoxy) is 2. The fourth-order valence-electron chi connectivity index (χ4n) is 2.89. The fourth-order valence-corrected chi connectivity index (χ4v) is 2.89. The van der Waals surface area contributed by atoms with Gasteiger partial charge < -0.3 is 19.3 Å². The van der Waals surface area contributed by atoms with E-state index in [0.29, 0.717) is 17.4 Å². The van der Waals surface area contributed by atoms with Crippen LogP contribution in [0.25, 0.3) is 22.8 Å². The van der Waals surface area contributed by atoms with E-state index in [-0.39, 0.29) is 5.57 Å². The van der Waals surface area contributed by atoms with Crippen LogP contribution in [0.1, 0.15) is 19.4 Å². The van der Waals surface area contributed by atoms with Crippen molar-refractivity contribution in [3.8, 4) is 22.8 Å². The van der Waals surface area contributed by atoms with Crippen molar-refractivity contribution in [3.05, 3.63) is 65.9 Å². The monoisotopic (exact) mass is 405 g/mol. The Kier molecular flexibility index (Phi) is 4.83. The quantitative estimate of drug-likeness (QED) is 0.397. The summed E-state index contributed by atoms with van der Waals surface area (Å²) in [6.45, 7) is 4.99. The average Bonchev–Trinajstić information content (AvgIpc) is 3.17. The number of nitrogens with zero attached hydrogens (tertiary/aromatic N) is 2. The Labute approximate surface area is 172 Å². The molecule has 1 aromatic heterocycles. The number of carbonyl (C=O) groups is 2. The van der Waals surface area contributed by atoms with E-state index in [1.165, 1.54) is 20.0 Å². The summed E-state index contributed by atoms with van der Waals surface area (Å²) in [6.07, 6.45) is 1.26. The molecule has 1 aliphatic heterocycles. The highest BCUT2D eigenvalue weighted by atomic mass is 16.7. The van der Waals surface area contributed by atoms with Gasteiger partial charge in [-0.2, -0.15) is 4.98 Å². The summed E-state index contributed by atoms with van der Waals surface area (Å²) in [6, 6.07) is 14.9. The molecular formula is C22H19N3O5. The molecule has 8 nitrogen and oxygen atoms in total. The zero-order valence-corrected chi connectivity index (χ0v) is 16.6. The molecule has 0 atom stereocenters. The maximum absolute atomic E-state index is 12.0. The summed E-state index contributed by atoms with van der Waals surface area (Å²) in [7, 11) is 0. The summed E-state index contributed by atoms with van der Waals surface area (Å²) in [5.74, 6) is -1.85. The van der Waals surface area contributed by atoms with Gasteiger partial charge >= 0.3 is 11.9 Å². The van der Waals surface area contributed by atoms with Crippen LogP contribution in [0.15, 0.2) is 64.8 Å². The lowest BCUT2D eigenvalue weighted by Crippen LogP contribution is -2.42. The van der Waals surface area contributed by atoms with Crippen molar-refractivity contribution < 1.29 is 23.6 Å². The molecule has 8 heteroatoms. The van der Waals surface area contributed by atoms with Crippen molar-refractivity contribution in [2.45, 2.75) is 26.6 Å². The molecule has 1 fully saturated rings. The average molecular weight is 405 g/mol. The maximum atomic E-state index is 12.0. The third-order valence-corrected chi connectivity index (χ3v) is 4.33. The van der Waals surface area contributed by atoms with Gasteiger partial charge in [-0.3, -0.25) is 0 Å². The molecule has 0 saturated carbocycles. The number of carbonyl (C=O) groups excluding carboxylic acids is 2. The Hall–Kier alpha value is -3.94. The van der Waals surface area contributed by atoms with Crippen LogP contribution < -0.4 is 5.32 Å². The number of rotatable bonds is 4. The number of benzene rings is 2. The molecule has 0 spiro atoms. The zero-order chi connectivity index (χ0) is 21.3. The first kappa shape index (κ1) is 19.4. The SMILES string of the molecule is Cc1cccc(-c2noc(-c3ccc(NC=C4C(=O)OC(C)(C)OC4=O)cc3)n2)c1. The maximum Gasteiger partial charge on any atom is 0.350 e. The minimum Gasteiger partial charge on any atom is -0.419 e. The second-order valence-corrected chi connectivity index (χ2v) is 7.25. The Bertz CT molecular complexity index is 1120. The van der Waals surface area contributed by atoms with Crippen LogP contribution in [0.2, 0.25) is 0 Å². The van der Waals surface area contributed by atoms with Crippen molar-refractivity contribution in [1.82, 2.24) is 10.1 Å². The number of hydrogen-bond donors (Lipinski definition) is 1. The molecule has 152 valence electrons. The van der Waals surface area contributed by atoms with Gasteiger partial charge in [-0.05, 0) is 37.3 Å². The molecule has 1 saturated heterocycles. The Morgan fingerprint density at radius 1 is 0.967 bits per heavy atom. The molecule has 1 aliphatic rings. The highest BCUT2D eigenvalue weighted by Gasteiger charge is 2.38. The highest BCUT2D eigenvalue weighted by Crippen LogP contribution is 2.25. The Balaban J connectivity index is 1.48. The number of anilines is 1. The number of esters is 2. The summed E-state index contributed by atoms with van der Waals surface area (Å²) >= 11 is 0. The normalized spacial score (nSPS) is 15.4. The summed E-state index contributed by atoms with van der Waals surface area (Å²) in [5, 5.41) is 6.93. The number of cyclic esters (lactones) is 2. The molecule has 3 aromatic rings. The lowest BCUT2D eigenvalue weighted by atomic mass is 10.1. The van der Waals surface area contributed by atoms with Crippen molar-refractivity contribution in [2.24, 2.45) is 0 Å². The van der Waals surface area contributed by atoms with Crippen LogP contribution in [0, 0.1) is 6.92 Å². The summed E-state index contributed by atoms with van der Waals surface area (Å²) < 4.78 is 15.5. The van der Waals surface area contributed by atoms with Crippen molar-refractivity contribution in [3.63, 3.8) is 0 Å². The van der Waals surface area contributed by atoms with Crippen LogP contribution in [-0.4, -0.2) is 27.9 Å². The number of aromatic nitrogens is 2. The predicted molar refractivity (Wildman–Crippen MR) is 108 cm³/mol. The summed E-state index contributed by atoms with van der Waals surface area (Å²) in [5.41, 5.74) is 3.16. The zero-order valence-electron chi connectivity index (χ0n) is 16.6. The van der Waals surface area contributed by atoms with Gasteiger partial charge in [0.2, 0.25) is 5.82 Å². The first-order valence-electron chi connectivity index (χ1n) is 9.25. The van der Waals surface area contributed by atoms with E-state index in [4.69, 9.17) is 14.0 Å². The van der Waals surface area contributed by atoms with E-state index < -0.39 is 17.7 Å². The third-order valence-electron chi connectivity index (χ3n) is 4.33. The van der Waals surface area contributed by atoms with Gasteiger partial charge in [-0.25, -0.2) is 9.59 Å². The topological polar surface area (TPSA) is 104 Å². The minimum absolute atomic E-state index is 0.210. The molecule has 4 rings (SSSR count). The van der Waals surface area contributed by atoms with Gasteiger partial charge in [-0.15, -0.1) is 0 Å². The standard InChI is InChI=1S/C22H19N3O5/c1-13-5-4-6-15(11-13)18-24-19(30-25-18)14-7-9-16(10-8-14)23-12-17-20(26)28-22(2,3)29-21(17)27/h4-12,23H,1-3H3. The first-order valence-corrected chi connectivity index (χ1v) is 9.25. The molecule has 2 aromatic carbocycles. The number of hydrogen-bond acceptors (Lipinski definition) is 8. The second-order valence-electron chi connectivity index (χ2n) is 7.25. The van der Waals surface area contributed by atoms with Crippen molar-refractivity contribution in [1.29, 1.82) is 0 Å². The van der Waals surface area contributed by atoms with Crippen molar-refractivity contribution in [2.75, 3.05) is 5.32 Å². The van der Waals surface area contributed by atoms with Gasteiger partial charge in [0.15, 0.2) is 5.57 Å². The fraction of sp³-hybridized carbons (Fsp3) is 0.182. The molecule has 0 bridgehead atoms. The van der Waals surface area contributed by atoms with E-state index in [1.54, 1.807) is 24.3 Å². The number of aryl methyl sites for hydroxylation is 1. The van der Waals surface area contributed by atoms with E-state index in [0.717, 1.165) is 16.7 Å². The lowest BCUT2D eigenvalue weighted by Gasteiger charge is -2.29. The van der Waals surface area contributed by atoms with Crippen LogP contribution in [-0.2, 0) is 19.1 Å². The Morgan fingerprint density at radius 2 is 1.67 bits per heavy atom. The molecule has 0 unspecified atom stereocenters. The molecule has 2 heterocycles. The molecule has 30 heavy (non-hydrogen) atoms. The molecule has 1 N–H and O–H groups in total. The predicted octanol–water partition coefficient (Wildman–Crippen LogP) is 3.84. The van der Waals surface area contributed by atoms with E-state index in [2.05, 4.69) is 15.5 Å². The van der Waals surface area contributed by atoms with Crippen LogP contribution in [0.4, 0.5) is 5.69 Å². The van der Waals surface area contributed by atoms with Gasteiger partial charge in [0.05, 0.1) is 0 Å². The van der Waals surface area contributed by atoms with Gasteiger partial charge in [-0.1, -0.05) is 28.9 Å². The van der Waals surface area contributed by atoms with Gasteiger partial charge in [0.25, 0.3) is 11.7 Å². The lowest BCUT2D eigenvalue weighted by molar-refractivity contribution is -0.222. The third kappa shape index (κ3) is 4.07. The molecule has 0 amide bonds. The smallest absolute Gasteiger partial charge is 0.350 e. The largest absolute Gasteiger partial charge is 0.419 e. The molecular weight excluding hydrogens is 386 g/mol. The second kappa shape index (κ2) is 7.47. The Morgan fingerprint density at radius 3 is 2.33 bits per heavy atom. The van der Waals surface area contributed by atoms with Crippen LogP contribution in [0.3, 0.4) is 0 Å². The first-order chi connectivity index (χ1) is 14.3. The van der Waals surface area contributed by atoms with Crippen LogP contribution >= 0.6 is 0 Å². The molecule has 0 radical (unpaired) electrons. The highest BCUT2D eigenvalue weighted by molar-refractivity contribution is 6.15. The van der Waals surface area contributed by atoms with Crippen molar-refractivity contribution >= 4 is 17.6 Å². The van der Waals surface area contributed by atoms with E-state index >= 15 is 0 Å². The van der Waals surface area contributed by atoms with Gasteiger partial charge in [0, 0.05) is 36.9 Å². The number of nitrogens with one attached hydrogen (secondary N) is 1. The molecule has 0 aliphatic carbocycles. The summed E-state index contributed by atoms with van der Waals surface area (Å²) in [4.78, 5) is 28.4. The van der Waals surface area contributed by atoms with Crippen LogP contribution in [0.5, 0.6) is 0 Å².